The zero-order valence-electron chi connectivity index (χ0n) is 12.9. The summed E-state index contributed by atoms with van der Waals surface area (Å²) in [6.07, 6.45) is 3.42. The van der Waals surface area contributed by atoms with Crippen molar-refractivity contribution >= 4 is 5.91 Å². The van der Waals surface area contributed by atoms with Crippen LogP contribution in [0.4, 0.5) is 0 Å². The van der Waals surface area contributed by atoms with Gasteiger partial charge in [0.25, 0.3) is 0 Å². The van der Waals surface area contributed by atoms with E-state index in [1.54, 1.807) is 0 Å². The number of likely N-dealkylation sites (tertiary alicyclic amines) is 1. The lowest BCUT2D eigenvalue weighted by Crippen LogP contribution is -2.40. The summed E-state index contributed by atoms with van der Waals surface area (Å²) >= 11 is 0. The number of amides is 1. The predicted molar refractivity (Wildman–Crippen MR) is 84.3 cm³/mol. The molecule has 1 saturated heterocycles. The minimum absolute atomic E-state index is 0.248. The highest BCUT2D eigenvalue weighted by atomic mass is 16.5. The summed E-state index contributed by atoms with van der Waals surface area (Å²) in [6, 6.07) is 7.99. The first-order valence-corrected chi connectivity index (χ1v) is 7.86. The topological polar surface area (TPSA) is 55.6 Å². The summed E-state index contributed by atoms with van der Waals surface area (Å²) < 4.78 is 5.67. The van der Waals surface area contributed by atoms with Crippen LogP contribution in [0.5, 0.6) is 5.75 Å². The Bertz CT molecular complexity index is 454. The normalized spacial score (nSPS) is 16.0. The monoisotopic (exact) mass is 290 g/mol. The Labute approximate surface area is 127 Å². The molecule has 1 aromatic rings. The van der Waals surface area contributed by atoms with Gasteiger partial charge in [0.2, 0.25) is 5.91 Å². The van der Waals surface area contributed by atoms with Gasteiger partial charge in [0, 0.05) is 19.5 Å². The van der Waals surface area contributed by atoms with E-state index < -0.39 is 0 Å². The zero-order chi connectivity index (χ0) is 15.1. The van der Waals surface area contributed by atoms with Crippen LogP contribution in [0.15, 0.2) is 24.3 Å². The number of nitrogens with two attached hydrogens (primary N) is 1. The molecule has 0 saturated carbocycles. The molecule has 1 aliphatic rings. The molecule has 1 amide bonds. The van der Waals surface area contributed by atoms with Gasteiger partial charge in [-0.3, -0.25) is 4.79 Å². The van der Waals surface area contributed by atoms with Crippen molar-refractivity contribution in [3.8, 4) is 5.75 Å². The first-order chi connectivity index (χ1) is 10.2. The van der Waals surface area contributed by atoms with Gasteiger partial charge < -0.3 is 15.4 Å². The number of carbonyl (C=O) groups excluding carboxylic acids is 1. The average molecular weight is 290 g/mol. The highest BCUT2D eigenvalue weighted by Crippen LogP contribution is 2.17. The Balaban J connectivity index is 1.63. The molecule has 0 atom stereocenters. The van der Waals surface area contributed by atoms with Crippen LogP contribution in [0.3, 0.4) is 0 Å². The molecule has 0 aliphatic carbocycles. The second kappa shape index (κ2) is 8.03. The van der Waals surface area contributed by atoms with E-state index in [0.717, 1.165) is 44.6 Å². The second-order valence-electron chi connectivity index (χ2n) is 5.83. The predicted octanol–water partition coefficient (Wildman–Crippen LogP) is 2.35. The Morgan fingerprint density at radius 2 is 2.14 bits per heavy atom. The number of hydrogen-bond donors (Lipinski definition) is 1. The van der Waals surface area contributed by atoms with Crippen LogP contribution >= 0.6 is 0 Å². The smallest absolute Gasteiger partial charge is 0.222 e. The number of aryl methyl sites for hydroxylation is 1. The Morgan fingerprint density at radius 1 is 1.38 bits per heavy atom. The molecule has 1 aliphatic heterocycles. The summed E-state index contributed by atoms with van der Waals surface area (Å²) in [6.45, 7) is 5.10. The number of rotatable bonds is 6. The lowest BCUT2D eigenvalue weighted by Gasteiger charge is -2.31. The lowest BCUT2D eigenvalue weighted by atomic mass is 9.97. The zero-order valence-corrected chi connectivity index (χ0v) is 12.9. The van der Waals surface area contributed by atoms with Crippen LogP contribution in [0.25, 0.3) is 0 Å². The van der Waals surface area contributed by atoms with E-state index in [1.807, 2.05) is 36.1 Å². The van der Waals surface area contributed by atoms with Gasteiger partial charge in [-0.1, -0.05) is 12.1 Å². The molecule has 1 fully saturated rings. The van der Waals surface area contributed by atoms with Crippen LogP contribution in [-0.2, 0) is 4.79 Å². The molecule has 2 rings (SSSR count). The van der Waals surface area contributed by atoms with E-state index >= 15 is 0 Å². The van der Waals surface area contributed by atoms with Crippen LogP contribution in [0, 0.1) is 12.8 Å². The van der Waals surface area contributed by atoms with Crippen molar-refractivity contribution in [2.24, 2.45) is 11.7 Å². The van der Waals surface area contributed by atoms with Crippen molar-refractivity contribution in [2.45, 2.75) is 32.6 Å². The Morgan fingerprint density at radius 3 is 2.81 bits per heavy atom. The number of piperidine rings is 1. The highest BCUT2D eigenvalue weighted by Gasteiger charge is 2.21. The van der Waals surface area contributed by atoms with Gasteiger partial charge in [-0.15, -0.1) is 0 Å². The molecule has 0 unspecified atom stereocenters. The van der Waals surface area contributed by atoms with Crippen LogP contribution in [-0.4, -0.2) is 37.0 Å². The molecule has 0 bridgehead atoms. The molecule has 2 N–H and O–H groups in total. The maximum atomic E-state index is 12.1. The number of nitrogens with zero attached hydrogens (tertiary/aromatic N) is 1. The van der Waals surface area contributed by atoms with Gasteiger partial charge in [-0.2, -0.15) is 0 Å². The summed E-state index contributed by atoms with van der Waals surface area (Å²) in [5.74, 6) is 1.73. The summed E-state index contributed by atoms with van der Waals surface area (Å²) in [5.41, 5.74) is 6.86. The fourth-order valence-electron chi connectivity index (χ4n) is 2.69. The first-order valence-electron chi connectivity index (χ1n) is 7.86. The van der Waals surface area contributed by atoms with Crippen molar-refractivity contribution in [2.75, 3.05) is 26.2 Å². The average Bonchev–Trinajstić information content (AvgIpc) is 2.51. The van der Waals surface area contributed by atoms with E-state index in [4.69, 9.17) is 10.5 Å². The van der Waals surface area contributed by atoms with Crippen molar-refractivity contribution in [3.05, 3.63) is 29.8 Å². The SMILES string of the molecule is Cc1cccc(OCCCC(=O)N2CCC(CN)CC2)c1. The maximum absolute atomic E-state index is 12.1. The third-order valence-electron chi connectivity index (χ3n) is 4.09. The second-order valence-corrected chi connectivity index (χ2v) is 5.83. The van der Waals surface area contributed by atoms with Gasteiger partial charge >= 0.3 is 0 Å². The largest absolute Gasteiger partial charge is 0.494 e. The number of hydrogen-bond acceptors (Lipinski definition) is 3. The van der Waals surface area contributed by atoms with E-state index in [2.05, 4.69) is 0 Å². The molecule has 0 aromatic heterocycles. The minimum atomic E-state index is 0.248. The van der Waals surface area contributed by atoms with Crippen molar-refractivity contribution in [1.29, 1.82) is 0 Å². The van der Waals surface area contributed by atoms with Crippen LogP contribution < -0.4 is 10.5 Å². The number of benzene rings is 1. The van der Waals surface area contributed by atoms with E-state index in [-0.39, 0.29) is 5.91 Å². The molecule has 4 nitrogen and oxygen atoms in total. The summed E-state index contributed by atoms with van der Waals surface area (Å²) in [4.78, 5) is 14.1. The summed E-state index contributed by atoms with van der Waals surface area (Å²) in [5, 5.41) is 0. The third kappa shape index (κ3) is 5.05. The quantitative estimate of drug-likeness (QED) is 0.818. The number of carbonyl (C=O) groups is 1. The van der Waals surface area contributed by atoms with Crippen molar-refractivity contribution in [1.82, 2.24) is 4.90 Å². The minimum Gasteiger partial charge on any atom is -0.494 e. The molecular weight excluding hydrogens is 264 g/mol. The fourth-order valence-corrected chi connectivity index (χ4v) is 2.69. The van der Waals surface area contributed by atoms with Gasteiger partial charge in [0.15, 0.2) is 0 Å². The summed E-state index contributed by atoms with van der Waals surface area (Å²) in [7, 11) is 0. The Kier molecular flexibility index (Phi) is 6.05. The maximum Gasteiger partial charge on any atom is 0.222 e. The molecular formula is C17H26N2O2. The standard InChI is InChI=1S/C17H26N2O2/c1-14-4-2-5-16(12-14)21-11-3-6-17(20)19-9-7-15(13-18)8-10-19/h2,4-5,12,15H,3,6-11,13,18H2,1H3. The van der Waals surface area contributed by atoms with Gasteiger partial charge in [0.05, 0.1) is 6.61 Å². The highest BCUT2D eigenvalue weighted by molar-refractivity contribution is 5.76. The van der Waals surface area contributed by atoms with Crippen molar-refractivity contribution in [3.63, 3.8) is 0 Å². The molecule has 4 heteroatoms. The van der Waals surface area contributed by atoms with Crippen LogP contribution in [0.1, 0.15) is 31.2 Å². The van der Waals surface area contributed by atoms with Gasteiger partial charge in [-0.25, -0.2) is 0 Å². The molecule has 1 aromatic carbocycles. The van der Waals surface area contributed by atoms with Crippen LogP contribution in [0.2, 0.25) is 0 Å². The van der Waals surface area contributed by atoms with E-state index in [0.29, 0.717) is 18.9 Å². The van der Waals surface area contributed by atoms with Crippen molar-refractivity contribution < 1.29 is 9.53 Å². The van der Waals surface area contributed by atoms with Gasteiger partial charge in [0.1, 0.15) is 5.75 Å². The molecule has 116 valence electrons. The molecule has 0 spiro atoms. The number of ether oxygens (including phenoxy) is 1. The molecule has 1 heterocycles. The third-order valence-corrected chi connectivity index (χ3v) is 4.09. The van der Waals surface area contributed by atoms with E-state index in [9.17, 15) is 4.79 Å². The lowest BCUT2D eigenvalue weighted by molar-refractivity contribution is -0.132. The molecule has 21 heavy (non-hydrogen) atoms. The Hall–Kier alpha value is -1.55. The molecule has 0 radical (unpaired) electrons. The van der Waals surface area contributed by atoms with E-state index in [1.165, 1.54) is 5.56 Å². The first kappa shape index (κ1) is 15.8. The van der Waals surface area contributed by atoms with Gasteiger partial charge in [-0.05, 0) is 56.3 Å². The fraction of sp³-hybridized carbons (Fsp3) is 0.588.